The zero-order chi connectivity index (χ0) is 33.1. The van der Waals surface area contributed by atoms with Crippen molar-refractivity contribution in [3.63, 3.8) is 0 Å². The highest BCUT2D eigenvalue weighted by Gasteiger charge is 2.68. The number of amides is 2. The number of fused-ring (bicyclic) bond motifs is 5. The topological polar surface area (TPSA) is 141 Å². The van der Waals surface area contributed by atoms with Crippen LogP contribution in [0, 0.1) is 11.8 Å². The van der Waals surface area contributed by atoms with Crippen LogP contribution >= 0.6 is 0 Å². The number of carbonyl (C=O) groups excluding carboxylic acids is 3. The monoisotopic (exact) mass is 647 g/mol. The van der Waals surface area contributed by atoms with Crippen molar-refractivity contribution in [2.24, 2.45) is 11.8 Å². The molecule has 1 aromatic carbocycles. The van der Waals surface area contributed by atoms with E-state index in [2.05, 4.69) is 20.8 Å². The van der Waals surface area contributed by atoms with Gasteiger partial charge in [-0.2, -0.15) is 0 Å². The number of nitrogens with zero attached hydrogens (tertiary/aromatic N) is 1. The summed E-state index contributed by atoms with van der Waals surface area (Å²) in [5.41, 5.74) is 0.221. The number of unbranched alkanes of at least 4 members (excludes halogenated alkanes) is 9. The molecule has 3 aliphatic heterocycles. The molecular weight excluding hydrogens is 594 g/mol. The molecule has 11 nitrogen and oxygen atoms in total. The van der Waals surface area contributed by atoms with Gasteiger partial charge in [-0.3, -0.25) is 14.5 Å². The average Bonchev–Trinajstić information content (AvgIpc) is 3.66. The van der Waals surface area contributed by atoms with E-state index in [0.29, 0.717) is 37.1 Å². The first-order valence-electron chi connectivity index (χ1n) is 17.4. The highest BCUT2D eigenvalue weighted by Crippen LogP contribution is 2.48. The Kier molecular flexibility index (Phi) is 14.0. The van der Waals surface area contributed by atoms with Gasteiger partial charge in [-0.05, 0) is 31.4 Å². The summed E-state index contributed by atoms with van der Waals surface area (Å²) in [4.78, 5) is 40.4. The molecule has 258 valence electrons. The zero-order valence-corrected chi connectivity index (χ0v) is 27.7. The Morgan fingerprint density at radius 3 is 1.61 bits per heavy atom. The van der Waals surface area contributed by atoms with Crippen molar-refractivity contribution >= 4 is 17.8 Å². The largest absolute Gasteiger partial charge is 0.490 e. The minimum Gasteiger partial charge on any atom is -0.490 e. The quantitative estimate of drug-likeness (QED) is 0.102. The van der Waals surface area contributed by atoms with Gasteiger partial charge in [-0.1, -0.05) is 78.6 Å². The molecule has 3 heterocycles. The molecule has 6 atom stereocenters. The smallest absolute Gasteiger partial charge is 0.338 e. The molecule has 46 heavy (non-hydrogen) atoms. The van der Waals surface area contributed by atoms with E-state index in [1.165, 1.54) is 0 Å². The Hall–Kier alpha value is -2.89. The third-order valence-electron chi connectivity index (χ3n) is 9.09. The lowest BCUT2D eigenvalue weighted by Gasteiger charge is -2.25. The number of aliphatic hydroxyl groups is 2. The summed E-state index contributed by atoms with van der Waals surface area (Å²) < 4.78 is 29.6. The summed E-state index contributed by atoms with van der Waals surface area (Å²) in [5.74, 6) is -1.95. The predicted molar refractivity (Wildman–Crippen MR) is 170 cm³/mol. The number of aliphatic hydroxyl groups excluding tert-OH is 2. The van der Waals surface area contributed by atoms with Crippen LogP contribution in [-0.4, -0.2) is 90.3 Å². The minimum atomic E-state index is -1.21. The lowest BCUT2D eigenvalue weighted by atomic mass is 9.78. The van der Waals surface area contributed by atoms with Gasteiger partial charge < -0.3 is 33.9 Å². The normalized spacial score (nSPS) is 24.8. The van der Waals surface area contributed by atoms with Gasteiger partial charge in [-0.15, -0.1) is 0 Å². The van der Waals surface area contributed by atoms with E-state index in [-0.39, 0.29) is 18.7 Å². The van der Waals surface area contributed by atoms with Gasteiger partial charge in [0.15, 0.2) is 11.5 Å². The molecule has 3 saturated heterocycles. The molecular formula is C35H53NO10. The van der Waals surface area contributed by atoms with Crippen LogP contribution in [0.5, 0.6) is 17.2 Å². The number of esters is 1. The molecule has 1 aromatic rings. The summed E-state index contributed by atoms with van der Waals surface area (Å²) in [6, 6.07) is 3.23. The molecule has 2 N–H and O–H groups in total. The van der Waals surface area contributed by atoms with Crippen molar-refractivity contribution in [1.29, 1.82) is 0 Å². The van der Waals surface area contributed by atoms with Crippen LogP contribution in [-0.2, 0) is 19.1 Å². The number of rotatable bonds is 22. The van der Waals surface area contributed by atoms with Crippen LogP contribution in [0.4, 0.5) is 0 Å². The molecule has 0 radical (unpaired) electrons. The zero-order valence-electron chi connectivity index (χ0n) is 27.7. The van der Waals surface area contributed by atoms with Crippen molar-refractivity contribution in [1.82, 2.24) is 4.90 Å². The fraction of sp³-hybridized carbons (Fsp3) is 0.743. The molecule has 0 aliphatic carbocycles. The van der Waals surface area contributed by atoms with Crippen molar-refractivity contribution < 1.29 is 48.3 Å². The Bertz CT molecular complexity index is 1090. The summed E-state index contributed by atoms with van der Waals surface area (Å²) >= 11 is 0. The van der Waals surface area contributed by atoms with Crippen molar-refractivity contribution in [2.75, 3.05) is 33.0 Å². The van der Waals surface area contributed by atoms with E-state index < -0.39 is 54.0 Å². The van der Waals surface area contributed by atoms with Gasteiger partial charge in [-0.25, -0.2) is 4.79 Å². The van der Waals surface area contributed by atoms with E-state index in [4.69, 9.17) is 23.7 Å². The first-order valence-corrected chi connectivity index (χ1v) is 17.4. The van der Waals surface area contributed by atoms with Gasteiger partial charge in [0.1, 0.15) is 18.8 Å². The number of hydrogen-bond acceptors (Lipinski definition) is 10. The highest BCUT2D eigenvalue weighted by molar-refractivity contribution is 6.06. The molecule has 3 fully saturated rings. The fourth-order valence-corrected chi connectivity index (χ4v) is 6.50. The minimum absolute atomic E-state index is 0.136. The van der Waals surface area contributed by atoms with E-state index in [1.54, 1.807) is 12.1 Å². The fourth-order valence-electron chi connectivity index (χ4n) is 6.50. The molecule has 6 unspecified atom stereocenters. The Morgan fingerprint density at radius 2 is 1.15 bits per heavy atom. The molecule has 2 amide bonds. The number of ether oxygens (including phenoxy) is 5. The van der Waals surface area contributed by atoms with Gasteiger partial charge in [0.25, 0.3) is 0 Å². The van der Waals surface area contributed by atoms with E-state index in [0.717, 1.165) is 81.9 Å². The summed E-state index contributed by atoms with van der Waals surface area (Å²) in [6.45, 7) is 7.55. The second-order valence-corrected chi connectivity index (χ2v) is 12.6. The number of hydrogen-bond donors (Lipinski definition) is 2. The summed E-state index contributed by atoms with van der Waals surface area (Å²) in [5, 5.41) is 20.3. The first-order chi connectivity index (χ1) is 22.3. The molecule has 0 aromatic heterocycles. The van der Waals surface area contributed by atoms with Gasteiger partial charge in [0, 0.05) is 0 Å². The van der Waals surface area contributed by atoms with Crippen LogP contribution in [0.1, 0.15) is 108 Å². The van der Waals surface area contributed by atoms with Crippen molar-refractivity contribution in [3.05, 3.63) is 17.7 Å². The number of carbonyl (C=O) groups is 3. The lowest BCUT2D eigenvalue weighted by Crippen LogP contribution is -2.47. The third kappa shape index (κ3) is 8.52. The maximum atomic E-state index is 13.3. The van der Waals surface area contributed by atoms with E-state index in [9.17, 15) is 24.6 Å². The van der Waals surface area contributed by atoms with Crippen LogP contribution in [0.2, 0.25) is 0 Å². The summed E-state index contributed by atoms with van der Waals surface area (Å²) in [6.07, 6.45) is 8.20. The second kappa shape index (κ2) is 17.9. The Morgan fingerprint density at radius 1 is 0.696 bits per heavy atom. The van der Waals surface area contributed by atoms with Gasteiger partial charge >= 0.3 is 5.97 Å². The maximum absolute atomic E-state index is 13.3. The van der Waals surface area contributed by atoms with Crippen LogP contribution in [0.3, 0.4) is 0 Å². The van der Waals surface area contributed by atoms with Crippen LogP contribution < -0.4 is 14.2 Å². The van der Waals surface area contributed by atoms with Gasteiger partial charge in [0.05, 0.1) is 56.0 Å². The number of benzene rings is 1. The molecule has 2 bridgehead atoms. The van der Waals surface area contributed by atoms with Crippen LogP contribution in [0.15, 0.2) is 12.1 Å². The molecule has 0 saturated carbocycles. The summed E-state index contributed by atoms with van der Waals surface area (Å²) in [7, 11) is 0. The molecule has 4 rings (SSSR count). The van der Waals surface area contributed by atoms with Gasteiger partial charge in [0.2, 0.25) is 17.6 Å². The lowest BCUT2D eigenvalue weighted by molar-refractivity contribution is -0.143. The predicted octanol–water partition coefficient (Wildman–Crippen LogP) is 4.82. The molecule has 11 heteroatoms. The molecule has 3 aliphatic rings. The average molecular weight is 648 g/mol. The van der Waals surface area contributed by atoms with E-state index in [1.807, 2.05) is 0 Å². The second-order valence-electron chi connectivity index (χ2n) is 12.6. The first kappa shape index (κ1) is 36.0. The third-order valence-corrected chi connectivity index (χ3v) is 9.09. The number of likely N-dealkylation sites (tertiary alicyclic amines) is 1. The number of imide groups is 1. The standard InChI is InChI=1S/C35H53NO10/c1-4-7-10-13-17-42-24-21-23(22-25(43-18-14-11-8-5-2)30(24)44-19-15-12-9-6-3)35(41)45-20-16-36-33(39)26-27(34(36)40)32-29(38)28(37)31(26)46-32/h21-22,26-29,31-32,37-38H,4-20H2,1-3H3. The Balaban J connectivity index is 1.44. The van der Waals surface area contributed by atoms with Crippen molar-refractivity contribution in [2.45, 2.75) is 122 Å². The maximum Gasteiger partial charge on any atom is 0.338 e. The highest BCUT2D eigenvalue weighted by atomic mass is 16.6. The molecule has 0 spiro atoms. The van der Waals surface area contributed by atoms with E-state index >= 15 is 0 Å². The van der Waals surface area contributed by atoms with Crippen LogP contribution in [0.25, 0.3) is 0 Å². The SMILES string of the molecule is CCCCCCOc1cc(C(=O)OCCN2C(=O)C3C4OC(C(O)C4O)C3C2=O)cc(OCCCCCC)c1OCCCCCC. The van der Waals surface area contributed by atoms with Crippen molar-refractivity contribution in [3.8, 4) is 17.2 Å². The Labute approximate surface area is 272 Å².